The molecule has 4 heteroatoms. The van der Waals surface area contributed by atoms with E-state index in [2.05, 4.69) is 0 Å². The van der Waals surface area contributed by atoms with Gasteiger partial charge in [0.25, 0.3) is 0 Å². The number of ether oxygens (including phenoxy) is 2. The first-order valence-corrected chi connectivity index (χ1v) is 6.13. The van der Waals surface area contributed by atoms with E-state index in [0.717, 1.165) is 17.1 Å². The summed E-state index contributed by atoms with van der Waals surface area (Å²) in [7, 11) is 1.63. The van der Waals surface area contributed by atoms with Crippen molar-refractivity contribution in [2.24, 2.45) is 0 Å². The summed E-state index contributed by atoms with van der Waals surface area (Å²) in [5.41, 5.74) is 0.973. The standard InChI is InChI=1S/C14H12Cl2O2/c1-9-7-11(17-2)4-6-13(9)18-14-5-3-10(15)8-12(14)16/h3-8H,1-2H3. The summed E-state index contributed by atoms with van der Waals surface area (Å²) in [6.07, 6.45) is 0. The minimum atomic E-state index is 0.484. The van der Waals surface area contributed by atoms with E-state index >= 15 is 0 Å². The van der Waals surface area contributed by atoms with Gasteiger partial charge in [0.15, 0.2) is 0 Å². The van der Waals surface area contributed by atoms with Crippen molar-refractivity contribution in [2.75, 3.05) is 7.11 Å². The maximum Gasteiger partial charge on any atom is 0.146 e. The molecule has 0 saturated carbocycles. The third kappa shape index (κ3) is 2.89. The molecule has 0 fully saturated rings. The average Bonchev–Trinajstić information content (AvgIpc) is 2.34. The van der Waals surface area contributed by atoms with Gasteiger partial charge < -0.3 is 9.47 Å². The zero-order valence-corrected chi connectivity index (χ0v) is 11.5. The van der Waals surface area contributed by atoms with E-state index in [4.69, 9.17) is 32.7 Å². The van der Waals surface area contributed by atoms with Crippen LogP contribution in [-0.2, 0) is 0 Å². The molecule has 0 N–H and O–H groups in total. The Bertz CT molecular complexity index is 568. The number of methoxy groups -OCH3 is 1. The van der Waals surface area contributed by atoms with Crippen molar-refractivity contribution in [3.63, 3.8) is 0 Å². The van der Waals surface area contributed by atoms with Crippen LogP contribution in [0.4, 0.5) is 0 Å². The Morgan fingerprint density at radius 3 is 2.28 bits per heavy atom. The predicted molar refractivity (Wildman–Crippen MR) is 74.3 cm³/mol. The topological polar surface area (TPSA) is 18.5 Å². The lowest BCUT2D eigenvalue weighted by Gasteiger charge is -2.11. The zero-order chi connectivity index (χ0) is 13.1. The molecule has 94 valence electrons. The van der Waals surface area contributed by atoms with E-state index in [0.29, 0.717) is 15.8 Å². The quantitative estimate of drug-likeness (QED) is 0.780. The number of hydrogen-bond donors (Lipinski definition) is 0. The molecule has 0 heterocycles. The molecule has 0 aliphatic heterocycles. The molecule has 0 unspecified atom stereocenters. The van der Waals surface area contributed by atoms with Crippen LogP contribution in [0.15, 0.2) is 36.4 Å². The fourth-order valence-corrected chi connectivity index (χ4v) is 1.99. The van der Waals surface area contributed by atoms with Gasteiger partial charge in [-0.05, 0) is 48.9 Å². The fraction of sp³-hybridized carbons (Fsp3) is 0.143. The van der Waals surface area contributed by atoms with Gasteiger partial charge in [0, 0.05) is 5.02 Å². The van der Waals surface area contributed by atoms with Crippen molar-refractivity contribution in [3.05, 3.63) is 52.0 Å². The first kappa shape index (κ1) is 13.1. The highest BCUT2D eigenvalue weighted by molar-refractivity contribution is 6.35. The lowest BCUT2D eigenvalue weighted by Crippen LogP contribution is -1.90. The maximum atomic E-state index is 6.06. The molecule has 0 aromatic heterocycles. The summed E-state index contributed by atoms with van der Waals surface area (Å²) in [5, 5.41) is 1.07. The summed E-state index contributed by atoms with van der Waals surface area (Å²) in [6.45, 7) is 1.95. The molecule has 2 aromatic rings. The van der Waals surface area contributed by atoms with Crippen LogP contribution in [0.25, 0.3) is 0 Å². The third-order valence-electron chi connectivity index (χ3n) is 2.50. The van der Waals surface area contributed by atoms with Crippen LogP contribution >= 0.6 is 23.2 Å². The second-order valence-electron chi connectivity index (χ2n) is 3.81. The fourth-order valence-electron chi connectivity index (χ4n) is 1.54. The van der Waals surface area contributed by atoms with Gasteiger partial charge in [0.05, 0.1) is 12.1 Å². The average molecular weight is 283 g/mol. The van der Waals surface area contributed by atoms with Crippen LogP contribution in [-0.4, -0.2) is 7.11 Å². The molecule has 0 aliphatic rings. The van der Waals surface area contributed by atoms with Crippen LogP contribution in [0.3, 0.4) is 0 Å². The van der Waals surface area contributed by atoms with Gasteiger partial charge in [-0.1, -0.05) is 23.2 Å². The van der Waals surface area contributed by atoms with Crippen molar-refractivity contribution in [1.82, 2.24) is 0 Å². The van der Waals surface area contributed by atoms with Gasteiger partial charge >= 0.3 is 0 Å². The molecule has 2 nitrogen and oxygen atoms in total. The molecule has 0 atom stereocenters. The van der Waals surface area contributed by atoms with Gasteiger partial charge in [-0.3, -0.25) is 0 Å². The molecule has 0 aliphatic carbocycles. The second kappa shape index (κ2) is 5.51. The van der Waals surface area contributed by atoms with Crippen molar-refractivity contribution in [1.29, 1.82) is 0 Å². The number of aryl methyl sites for hydroxylation is 1. The minimum Gasteiger partial charge on any atom is -0.497 e. The van der Waals surface area contributed by atoms with Crippen molar-refractivity contribution in [2.45, 2.75) is 6.92 Å². The third-order valence-corrected chi connectivity index (χ3v) is 3.03. The van der Waals surface area contributed by atoms with Gasteiger partial charge in [-0.2, -0.15) is 0 Å². The molecule has 0 amide bonds. The molecule has 0 saturated heterocycles. The number of benzene rings is 2. The van der Waals surface area contributed by atoms with E-state index in [1.54, 1.807) is 25.3 Å². The van der Waals surface area contributed by atoms with E-state index in [1.165, 1.54) is 0 Å². The summed E-state index contributed by atoms with van der Waals surface area (Å²) in [6, 6.07) is 10.7. The summed E-state index contributed by atoms with van der Waals surface area (Å²) >= 11 is 11.9. The van der Waals surface area contributed by atoms with Crippen LogP contribution in [0.1, 0.15) is 5.56 Å². The molecule has 2 rings (SSSR count). The Labute approximate surface area is 116 Å². The monoisotopic (exact) mass is 282 g/mol. The molecule has 0 spiro atoms. The molecule has 0 bridgehead atoms. The Hall–Kier alpha value is -1.38. The lowest BCUT2D eigenvalue weighted by molar-refractivity contribution is 0.412. The summed E-state index contributed by atoms with van der Waals surface area (Å²) < 4.78 is 10.9. The number of rotatable bonds is 3. The number of halogens is 2. The predicted octanol–water partition coefficient (Wildman–Crippen LogP) is 5.10. The largest absolute Gasteiger partial charge is 0.497 e. The van der Waals surface area contributed by atoms with Crippen LogP contribution in [0, 0.1) is 6.92 Å². The Kier molecular flexibility index (Phi) is 4.00. The second-order valence-corrected chi connectivity index (χ2v) is 4.65. The molecule has 2 aromatic carbocycles. The lowest BCUT2D eigenvalue weighted by atomic mass is 10.2. The zero-order valence-electron chi connectivity index (χ0n) is 10.0. The van der Waals surface area contributed by atoms with Gasteiger partial charge in [0.2, 0.25) is 0 Å². The highest BCUT2D eigenvalue weighted by Gasteiger charge is 2.07. The maximum absolute atomic E-state index is 6.06. The SMILES string of the molecule is COc1ccc(Oc2ccc(Cl)cc2Cl)c(C)c1. The first-order valence-electron chi connectivity index (χ1n) is 5.37. The van der Waals surface area contributed by atoms with E-state index < -0.39 is 0 Å². The van der Waals surface area contributed by atoms with Crippen molar-refractivity contribution < 1.29 is 9.47 Å². The van der Waals surface area contributed by atoms with Crippen molar-refractivity contribution in [3.8, 4) is 17.2 Å². The molecule has 18 heavy (non-hydrogen) atoms. The highest BCUT2D eigenvalue weighted by Crippen LogP contribution is 2.33. The Morgan fingerprint density at radius 2 is 1.67 bits per heavy atom. The van der Waals surface area contributed by atoms with Gasteiger partial charge in [-0.25, -0.2) is 0 Å². The van der Waals surface area contributed by atoms with Gasteiger partial charge in [0.1, 0.15) is 17.2 Å². The molecular weight excluding hydrogens is 271 g/mol. The van der Waals surface area contributed by atoms with E-state index in [9.17, 15) is 0 Å². The Morgan fingerprint density at radius 1 is 0.944 bits per heavy atom. The summed E-state index contributed by atoms with van der Waals surface area (Å²) in [5.74, 6) is 2.11. The van der Waals surface area contributed by atoms with E-state index in [1.807, 2.05) is 25.1 Å². The highest BCUT2D eigenvalue weighted by atomic mass is 35.5. The first-order chi connectivity index (χ1) is 8.60. The normalized spacial score (nSPS) is 10.2. The minimum absolute atomic E-state index is 0.484. The van der Waals surface area contributed by atoms with Gasteiger partial charge in [-0.15, -0.1) is 0 Å². The van der Waals surface area contributed by atoms with Crippen LogP contribution in [0.5, 0.6) is 17.2 Å². The van der Waals surface area contributed by atoms with Crippen molar-refractivity contribution >= 4 is 23.2 Å². The van der Waals surface area contributed by atoms with Crippen LogP contribution in [0.2, 0.25) is 10.0 Å². The Balaban J connectivity index is 2.28. The number of hydrogen-bond acceptors (Lipinski definition) is 2. The van der Waals surface area contributed by atoms with Crippen LogP contribution < -0.4 is 9.47 Å². The van der Waals surface area contributed by atoms with E-state index in [-0.39, 0.29) is 0 Å². The summed E-state index contributed by atoms with van der Waals surface area (Å²) in [4.78, 5) is 0. The molecule has 0 radical (unpaired) electrons. The smallest absolute Gasteiger partial charge is 0.146 e. The molecular formula is C14H12Cl2O2.